The molecule has 0 aliphatic carbocycles. The fourth-order valence-electron chi connectivity index (χ4n) is 5.07. The van der Waals surface area contributed by atoms with Crippen LogP contribution in [0.2, 0.25) is 0 Å². The number of carbonyl (C=O) groups excluding carboxylic acids is 1. The lowest BCUT2D eigenvalue weighted by Crippen LogP contribution is -2.38. The van der Waals surface area contributed by atoms with E-state index in [1.807, 2.05) is 23.1 Å². The Kier molecular flexibility index (Phi) is 6.65. The van der Waals surface area contributed by atoms with Crippen molar-refractivity contribution in [1.82, 2.24) is 9.88 Å². The van der Waals surface area contributed by atoms with Crippen LogP contribution in [0.3, 0.4) is 0 Å². The number of piperidine rings is 2. The van der Waals surface area contributed by atoms with E-state index < -0.39 is 10.0 Å². The van der Waals surface area contributed by atoms with Crippen molar-refractivity contribution in [3.63, 3.8) is 0 Å². The molecule has 0 saturated carbocycles. The maximum atomic E-state index is 13.6. The minimum atomic E-state index is -3.90. The molecule has 0 spiro atoms. The summed E-state index contributed by atoms with van der Waals surface area (Å²) in [6.07, 6.45) is 6.90. The van der Waals surface area contributed by atoms with Crippen LogP contribution >= 0.6 is 0 Å². The summed E-state index contributed by atoms with van der Waals surface area (Å²) < 4.78 is 29.4. The fraction of sp³-hybridized carbons (Fsp3) is 0.407. The van der Waals surface area contributed by atoms with Crippen molar-refractivity contribution in [2.24, 2.45) is 5.92 Å². The number of likely N-dealkylation sites (tertiary alicyclic amines) is 1. The average molecular weight is 493 g/mol. The van der Waals surface area contributed by atoms with E-state index in [1.54, 1.807) is 36.5 Å². The number of rotatable bonds is 5. The Balaban J connectivity index is 1.50. The van der Waals surface area contributed by atoms with Crippen LogP contribution in [0.25, 0.3) is 10.9 Å². The number of sulfonamides is 1. The zero-order valence-corrected chi connectivity index (χ0v) is 20.9. The number of hydrogen-bond donors (Lipinski definition) is 1. The van der Waals surface area contributed by atoms with Crippen molar-refractivity contribution >= 4 is 38.2 Å². The van der Waals surface area contributed by atoms with Crippen LogP contribution in [-0.2, 0) is 10.0 Å². The lowest BCUT2D eigenvalue weighted by Gasteiger charge is -2.35. The van der Waals surface area contributed by atoms with E-state index in [1.165, 1.54) is 0 Å². The topological polar surface area (TPSA) is 82.6 Å². The monoisotopic (exact) mass is 492 g/mol. The number of carbonyl (C=O) groups is 1. The van der Waals surface area contributed by atoms with Gasteiger partial charge in [-0.15, -0.1) is 0 Å². The van der Waals surface area contributed by atoms with Gasteiger partial charge in [0, 0.05) is 49.1 Å². The average Bonchev–Trinajstić information content (AvgIpc) is 2.89. The number of aromatic nitrogens is 1. The molecule has 7 nitrogen and oxygen atoms in total. The Labute approximate surface area is 207 Å². The van der Waals surface area contributed by atoms with Gasteiger partial charge in [-0.05, 0) is 68.4 Å². The first-order chi connectivity index (χ1) is 16.9. The van der Waals surface area contributed by atoms with E-state index in [0.717, 1.165) is 69.4 Å². The maximum absolute atomic E-state index is 13.6. The van der Waals surface area contributed by atoms with Crippen LogP contribution in [0, 0.1) is 5.92 Å². The highest BCUT2D eigenvalue weighted by Gasteiger charge is 2.26. The zero-order valence-electron chi connectivity index (χ0n) is 20.1. The first kappa shape index (κ1) is 23.6. The molecule has 0 unspecified atom stereocenters. The third kappa shape index (κ3) is 4.98. The molecule has 3 heterocycles. The van der Waals surface area contributed by atoms with Gasteiger partial charge in [0.15, 0.2) is 0 Å². The number of hydrogen-bond acceptors (Lipinski definition) is 5. The molecular weight excluding hydrogens is 460 g/mol. The molecule has 1 N–H and O–H groups in total. The molecule has 2 fully saturated rings. The molecule has 1 amide bonds. The van der Waals surface area contributed by atoms with E-state index in [2.05, 4.69) is 21.5 Å². The van der Waals surface area contributed by atoms with Crippen LogP contribution in [0.5, 0.6) is 0 Å². The predicted octanol–water partition coefficient (Wildman–Crippen LogP) is 4.90. The van der Waals surface area contributed by atoms with E-state index in [9.17, 15) is 13.2 Å². The van der Waals surface area contributed by atoms with E-state index in [-0.39, 0.29) is 10.8 Å². The van der Waals surface area contributed by atoms with Gasteiger partial charge in [-0.3, -0.25) is 14.5 Å². The maximum Gasteiger partial charge on any atom is 0.264 e. The summed E-state index contributed by atoms with van der Waals surface area (Å²) in [5, 5.41) is 0.756. The van der Waals surface area contributed by atoms with Gasteiger partial charge in [0.2, 0.25) is 0 Å². The molecule has 0 atom stereocenters. The predicted molar refractivity (Wildman–Crippen MR) is 139 cm³/mol. The summed E-state index contributed by atoms with van der Waals surface area (Å²) in [7, 11) is -3.90. The molecule has 184 valence electrons. The Bertz CT molecular complexity index is 1320. The quantitative estimate of drug-likeness (QED) is 0.548. The molecular formula is C27H32N4O3S. The summed E-state index contributed by atoms with van der Waals surface area (Å²) in [4.78, 5) is 22.2. The van der Waals surface area contributed by atoms with Gasteiger partial charge in [-0.2, -0.15) is 0 Å². The fourth-order valence-corrected chi connectivity index (χ4v) is 6.30. The standard InChI is InChI=1S/C27H32N4O3S/c1-20-12-17-30(18-13-20)24-11-10-22(19-23(24)27(32)31-15-3-2-4-16-31)29-35(33,34)25-9-5-7-21-8-6-14-28-26(21)25/h5-11,14,19-20,29H,2-4,12-13,15-18H2,1H3. The Morgan fingerprint density at radius 2 is 1.71 bits per heavy atom. The molecule has 8 heteroatoms. The minimum Gasteiger partial charge on any atom is -0.371 e. The second-order valence-electron chi connectivity index (χ2n) is 9.69. The first-order valence-corrected chi connectivity index (χ1v) is 14.0. The number of anilines is 2. The van der Waals surface area contributed by atoms with E-state index >= 15 is 0 Å². The number of para-hydroxylation sites is 1. The van der Waals surface area contributed by atoms with Gasteiger partial charge in [-0.25, -0.2) is 8.42 Å². The first-order valence-electron chi connectivity index (χ1n) is 12.5. The second-order valence-corrected chi connectivity index (χ2v) is 11.3. The van der Waals surface area contributed by atoms with Crippen molar-refractivity contribution in [1.29, 1.82) is 0 Å². The van der Waals surface area contributed by atoms with Crippen molar-refractivity contribution in [2.45, 2.75) is 43.9 Å². The van der Waals surface area contributed by atoms with Crippen LogP contribution in [-0.4, -0.2) is 50.4 Å². The van der Waals surface area contributed by atoms with Crippen molar-refractivity contribution in [3.8, 4) is 0 Å². The molecule has 2 aliphatic rings. The smallest absolute Gasteiger partial charge is 0.264 e. The van der Waals surface area contributed by atoms with Crippen LogP contribution in [0.1, 0.15) is 49.4 Å². The van der Waals surface area contributed by atoms with Crippen molar-refractivity contribution < 1.29 is 13.2 Å². The Morgan fingerprint density at radius 1 is 0.971 bits per heavy atom. The van der Waals surface area contributed by atoms with E-state index in [0.29, 0.717) is 22.7 Å². The molecule has 2 aromatic carbocycles. The number of nitrogens with one attached hydrogen (secondary N) is 1. The number of benzene rings is 2. The summed E-state index contributed by atoms with van der Waals surface area (Å²) in [6.45, 7) is 5.54. The van der Waals surface area contributed by atoms with Gasteiger partial charge in [-0.1, -0.05) is 25.1 Å². The zero-order chi connectivity index (χ0) is 24.4. The summed E-state index contributed by atoms with van der Waals surface area (Å²) in [5.74, 6) is 0.652. The summed E-state index contributed by atoms with van der Waals surface area (Å²) in [6, 6.07) is 14.1. The number of amides is 1. The van der Waals surface area contributed by atoms with Crippen LogP contribution in [0.4, 0.5) is 11.4 Å². The summed E-state index contributed by atoms with van der Waals surface area (Å²) >= 11 is 0. The number of nitrogens with zero attached hydrogens (tertiary/aromatic N) is 3. The highest BCUT2D eigenvalue weighted by molar-refractivity contribution is 7.93. The molecule has 5 rings (SSSR count). The molecule has 35 heavy (non-hydrogen) atoms. The largest absolute Gasteiger partial charge is 0.371 e. The molecule has 1 aromatic heterocycles. The molecule has 0 bridgehead atoms. The van der Waals surface area contributed by atoms with Crippen molar-refractivity contribution in [3.05, 3.63) is 60.3 Å². The SMILES string of the molecule is CC1CCN(c2ccc(NS(=O)(=O)c3cccc4cccnc34)cc2C(=O)N2CCCCC2)CC1. The third-order valence-corrected chi connectivity index (χ3v) is 8.54. The van der Waals surface area contributed by atoms with Gasteiger partial charge < -0.3 is 9.80 Å². The van der Waals surface area contributed by atoms with E-state index in [4.69, 9.17) is 0 Å². The Morgan fingerprint density at radius 3 is 2.49 bits per heavy atom. The van der Waals surface area contributed by atoms with Gasteiger partial charge in [0.1, 0.15) is 4.90 Å². The molecule has 3 aromatic rings. The molecule has 2 saturated heterocycles. The lowest BCUT2D eigenvalue weighted by atomic mass is 9.97. The molecule has 2 aliphatic heterocycles. The minimum absolute atomic E-state index is 0.0220. The normalized spacial score (nSPS) is 17.5. The van der Waals surface area contributed by atoms with Gasteiger partial charge in [0.25, 0.3) is 15.9 Å². The van der Waals surface area contributed by atoms with Crippen LogP contribution in [0.15, 0.2) is 59.6 Å². The van der Waals surface area contributed by atoms with Gasteiger partial charge in [0.05, 0.1) is 11.1 Å². The second kappa shape index (κ2) is 9.85. The third-order valence-electron chi connectivity index (χ3n) is 7.13. The van der Waals surface area contributed by atoms with Gasteiger partial charge >= 0.3 is 0 Å². The lowest BCUT2D eigenvalue weighted by molar-refractivity contribution is 0.0725. The summed E-state index contributed by atoms with van der Waals surface area (Å²) in [5.41, 5.74) is 2.26. The van der Waals surface area contributed by atoms with Crippen LogP contribution < -0.4 is 9.62 Å². The number of pyridine rings is 1. The highest BCUT2D eigenvalue weighted by atomic mass is 32.2. The number of fused-ring (bicyclic) bond motifs is 1. The Hall–Kier alpha value is -3.13. The highest BCUT2D eigenvalue weighted by Crippen LogP contribution is 2.31. The molecule has 0 radical (unpaired) electrons. The van der Waals surface area contributed by atoms with Crippen molar-refractivity contribution in [2.75, 3.05) is 35.8 Å².